The van der Waals surface area contributed by atoms with E-state index in [1.54, 1.807) is 11.3 Å². The molecule has 0 radical (unpaired) electrons. The van der Waals surface area contributed by atoms with E-state index in [0.717, 1.165) is 32.7 Å². The van der Waals surface area contributed by atoms with Crippen LogP contribution in [0.15, 0.2) is 22.7 Å². The highest BCUT2D eigenvalue weighted by molar-refractivity contribution is 9.10. The van der Waals surface area contributed by atoms with E-state index in [1.165, 1.54) is 0 Å². The molecule has 1 heterocycles. The van der Waals surface area contributed by atoms with Gasteiger partial charge in [0.05, 0.1) is 10.2 Å². The summed E-state index contributed by atoms with van der Waals surface area (Å²) in [6.45, 7) is 0.625. The third-order valence-corrected chi connectivity index (χ3v) is 4.41. The Bertz CT molecular complexity index is 609. The van der Waals surface area contributed by atoms with Crippen molar-refractivity contribution in [3.8, 4) is 0 Å². The molecule has 1 aliphatic rings. The summed E-state index contributed by atoms with van der Waals surface area (Å²) in [5, 5.41) is 7.05. The molecule has 3 rings (SSSR count). The van der Waals surface area contributed by atoms with E-state index in [4.69, 9.17) is 0 Å². The van der Waals surface area contributed by atoms with Crippen LogP contribution in [0.25, 0.3) is 10.2 Å². The highest BCUT2D eigenvalue weighted by atomic mass is 79.9. The molecular formula is C13H14BrN3OS. The molecule has 0 unspecified atom stereocenters. The molecule has 1 amide bonds. The number of halogens is 1. The molecule has 0 aliphatic heterocycles. The maximum Gasteiger partial charge on any atom is 0.221 e. The standard InChI is InChI=1S/C13H14BrN3OS/c14-8-1-4-11-10(7-8)17-13(19-11)15-6-5-12(18)16-9-2-3-9/h1,4,7,9H,2-3,5-6H2,(H,15,17)(H,16,18). The second-order valence-electron chi connectivity index (χ2n) is 4.65. The van der Waals surface area contributed by atoms with Crippen molar-refractivity contribution in [2.45, 2.75) is 25.3 Å². The minimum absolute atomic E-state index is 0.124. The summed E-state index contributed by atoms with van der Waals surface area (Å²) in [4.78, 5) is 16.0. The van der Waals surface area contributed by atoms with Crippen LogP contribution in [0.1, 0.15) is 19.3 Å². The first-order valence-corrected chi connectivity index (χ1v) is 7.91. The molecule has 100 valence electrons. The molecular weight excluding hydrogens is 326 g/mol. The zero-order chi connectivity index (χ0) is 13.2. The number of amides is 1. The van der Waals surface area contributed by atoms with Gasteiger partial charge in [0.25, 0.3) is 0 Å². The van der Waals surface area contributed by atoms with Crippen LogP contribution in [0.4, 0.5) is 5.13 Å². The van der Waals surface area contributed by atoms with Crippen molar-refractivity contribution in [2.75, 3.05) is 11.9 Å². The first kappa shape index (κ1) is 12.9. The number of benzene rings is 1. The van der Waals surface area contributed by atoms with Gasteiger partial charge in [0.1, 0.15) is 0 Å². The Kier molecular flexibility index (Phi) is 3.70. The summed E-state index contributed by atoms with van der Waals surface area (Å²) in [6.07, 6.45) is 2.76. The summed E-state index contributed by atoms with van der Waals surface area (Å²) in [5.41, 5.74) is 0.976. The van der Waals surface area contributed by atoms with Crippen molar-refractivity contribution >= 4 is 48.5 Å². The Morgan fingerprint density at radius 2 is 2.32 bits per heavy atom. The highest BCUT2D eigenvalue weighted by Crippen LogP contribution is 2.28. The molecule has 6 heteroatoms. The summed E-state index contributed by atoms with van der Waals surface area (Å²) in [5.74, 6) is 0.124. The maximum absolute atomic E-state index is 11.5. The van der Waals surface area contributed by atoms with Crippen LogP contribution in [-0.2, 0) is 4.79 Å². The van der Waals surface area contributed by atoms with Crippen molar-refractivity contribution in [3.05, 3.63) is 22.7 Å². The molecule has 1 aromatic heterocycles. The summed E-state index contributed by atoms with van der Waals surface area (Å²) >= 11 is 5.04. The zero-order valence-corrected chi connectivity index (χ0v) is 12.7. The highest BCUT2D eigenvalue weighted by Gasteiger charge is 2.22. The first-order chi connectivity index (χ1) is 9.20. The maximum atomic E-state index is 11.5. The van der Waals surface area contributed by atoms with Crippen molar-refractivity contribution in [3.63, 3.8) is 0 Å². The Balaban J connectivity index is 1.54. The molecule has 19 heavy (non-hydrogen) atoms. The number of carbonyl (C=O) groups excluding carboxylic acids is 1. The Morgan fingerprint density at radius 1 is 1.47 bits per heavy atom. The molecule has 2 N–H and O–H groups in total. The monoisotopic (exact) mass is 339 g/mol. The lowest BCUT2D eigenvalue weighted by molar-refractivity contribution is -0.120. The predicted molar refractivity (Wildman–Crippen MR) is 81.6 cm³/mol. The van der Waals surface area contributed by atoms with E-state index in [1.807, 2.05) is 18.2 Å². The topological polar surface area (TPSA) is 54.0 Å². The van der Waals surface area contributed by atoms with Gasteiger partial charge in [-0.15, -0.1) is 0 Å². The molecule has 1 aliphatic carbocycles. The van der Waals surface area contributed by atoms with Gasteiger partial charge in [-0.3, -0.25) is 4.79 Å². The number of thiazole rings is 1. The number of rotatable bonds is 5. The number of hydrogen-bond acceptors (Lipinski definition) is 4. The Hall–Kier alpha value is -1.14. The van der Waals surface area contributed by atoms with Crippen LogP contribution in [0, 0.1) is 0 Å². The fourth-order valence-electron chi connectivity index (χ4n) is 1.79. The van der Waals surface area contributed by atoms with Gasteiger partial charge in [0, 0.05) is 23.5 Å². The number of nitrogens with zero attached hydrogens (tertiary/aromatic N) is 1. The predicted octanol–water partition coefficient (Wildman–Crippen LogP) is 3.14. The van der Waals surface area contributed by atoms with Crippen LogP contribution in [0.5, 0.6) is 0 Å². The van der Waals surface area contributed by atoms with E-state index in [2.05, 4.69) is 31.5 Å². The molecule has 0 atom stereocenters. The molecule has 4 nitrogen and oxygen atoms in total. The Morgan fingerprint density at radius 3 is 3.11 bits per heavy atom. The average Bonchev–Trinajstić information content (AvgIpc) is 3.07. The van der Waals surface area contributed by atoms with Crippen molar-refractivity contribution in [1.29, 1.82) is 0 Å². The van der Waals surface area contributed by atoms with E-state index in [0.29, 0.717) is 19.0 Å². The number of anilines is 1. The van der Waals surface area contributed by atoms with E-state index < -0.39 is 0 Å². The van der Waals surface area contributed by atoms with Gasteiger partial charge in [-0.1, -0.05) is 27.3 Å². The molecule has 0 saturated heterocycles. The molecule has 0 bridgehead atoms. The minimum Gasteiger partial charge on any atom is -0.361 e. The van der Waals surface area contributed by atoms with Gasteiger partial charge in [0.15, 0.2) is 5.13 Å². The number of carbonyl (C=O) groups is 1. The number of nitrogens with one attached hydrogen (secondary N) is 2. The van der Waals surface area contributed by atoms with Crippen LogP contribution in [-0.4, -0.2) is 23.5 Å². The van der Waals surface area contributed by atoms with Crippen LogP contribution in [0.3, 0.4) is 0 Å². The van der Waals surface area contributed by atoms with E-state index >= 15 is 0 Å². The fourth-order valence-corrected chi connectivity index (χ4v) is 3.01. The van der Waals surface area contributed by atoms with Crippen molar-refractivity contribution in [2.24, 2.45) is 0 Å². The number of aromatic nitrogens is 1. The van der Waals surface area contributed by atoms with Crippen LogP contribution < -0.4 is 10.6 Å². The fraction of sp³-hybridized carbons (Fsp3) is 0.385. The third-order valence-electron chi connectivity index (χ3n) is 2.92. The number of fused-ring (bicyclic) bond motifs is 1. The summed E-state index contributed by atoms with van der Waals surface area (Å²) in [7, 11) is 0. The minimum atomic E-state index is 0.124. The SMILES string of the molecule is O=C(CCNc1nc2cc(Br)ccc2s1)NC1CC1. The van der Waals surface area contributed by atoms with Crippen LogP contribution >= 0.6 is 27.3 Å². The zero-order valence-electron chi connectivity index (χ0n) is 10.3. The quantitative estimate of drug-likeness (QED) is 0.879. The summed E-state index contributed by atoms with van der Waals surface area (Å²) < 4.78 is 2.17. The normalized spacial score (nSPS) is 14.6. The van der Waals surface area contributed by atoms with Crippen molar-refractivity contribution in [1.82, 2.24) is 10.3 Å². The van der Waals surface area contributed by atoms with Gasteiger partial charge in [0.2, 0.25) is 5.91 Å². The lowest BCUT2D eigenvalue weighted by atomic mass is 10.3. The van der Waals surface area contributed by atoms with Gasteiger partial charge in [-0.05, 0) is 31.0 Å². The second kappa shape index (κ2) is 5.46. The lowest BCUT2D eigenvalue weighted by Gasteiger charge is -2.03. The molecule has 2 aromatic rings. The van der Waals surface area contributed by atoms with Gasteiger partial charge < -0.3 is 10.6 Å². The van der Waals surface area contributed by atoms with Gasteiger partial charge in [-0.25, -0.2) is 4.98 Å². The third kappa shape index (κ3) is 3.45. The largest absolute Gasteiger partial charge is 0.361 e. The van der Waals surface area contributed by atoms with Gasteiger partial charge in [-0.2, -0.15) is 0 Å². The average molecular weight is 340 g/mol. The first-order valence-electron chi connectivity index (χ1n) is 6.30. The molecule has 1 fully saturated rings. The lowest BCUT2D eigenvalue weighted by Crippen LogP contribution is -2.27. The second-order valence-corrected chi connectivity index (χ2v) is 6.60. The van der Waals surface area contributed by atoms with Crippen LogP contribution in [0.2, 0.25) is 0 Å². The van der Waals surface area contributed by atoms with E-state index in [-0.39, 0.29) is 5.91 Å². The molecule has 1 saturated carbocycles. The Labute approximate surface area is 123 Å². The molecule has 0 spiro atoms. The summed E-state index contributed by atoms with van der Waals surface area (Å²) in [6, 6.07) is 6.49. The smallest absolute Gasteiger partial charge is 0.221 e. The number of hydrogen-bond donors (Lipinski definition) is 2. The van der Waals surface area contributed by atoms with Gasteiger partial charge >= 0.3 is 0 Å². The van der Waals surface area contributed by atoms with Crippen molar-refractivity contribution < 1.29 is 4.79 Å². The molecule has 1 aromatic carbocycles. The van der Waals surface area contributed by atoms with E-state index in [9.17, 15) is 4.79 Å².